The highest BCUT2D eigenvalue weighted by Crippen LogP contribution is 2.22. The number of rotatable bonds is 3. The summed E-state index contributed by atoms with van der Waals surface area (Å²) in [4.78, 5) is 21.2. The van der Waals surface area contributed by atoms with Crippen LogP contribution in [0.25, 0.3) is 0 Å². The van der Waals surface area contributed by atoms with Crippen LogP contribution >= 0.6 is 23.2 Å². The summed E-state index contributed by atoms with van der Waals surface area (Å²) in [5.41, 5.74) is 1.27. The van der Waals surface area contributed by atoms with E-state index in [-0.39, 0.29) is 0 Å². The van der Waals surface area contributed by atoms with E-state index in [2.05, 4.69) is 10.6 Å². The van der Waals surface area contributed by atoms with Crippen molar-refractivity contribution in [1.29, 1.82) is 0 Å². The topological polar surface area (TPSA) is 67.4 Å². The molecule has 0 bridgehead atoms. The summed E-state index contributed by atoms with van der Waals surface area (Å²) in [5, 5.41) is 4.87. The molecule has 1 rings (SSSR count). The molecule has 0 heterocycles. The van der Waals surface area contributed by atoms with Crippen molar-refractivity contribution in [2.75, 3.05) is 12.4 Å². The zero-order valence-corrected chi connectivity index (χ0v) is 11.3. The summed E-state index contributed by atoms with van der Waals surface area (Å²) >= 11 is 10.9. The van der Waals surface area contributed by atoms with Crippen LogP contribution in [0.15, 0.2) is 18.2 Å². The molecule has 1 aromatic carbocycles. The van der Waals surface area contributed by atoms with Gasteiger partial charge in [0.15, 0.2) is 4.84 Å². The highest BCUT2D eigenvalue weighted by molar-refractivity contribution is 6.54. The van der Waals surface area contributed by atoms with Crippen molar-refractivity contribution in [3.8, 4) is 5.75 Å². The Hall–Kier alpha value is -1.46. The Kier molecular flexibility index (Phi) is 5.25. The van der Waals surface area contributed by atoms with Gasteiger partial charge >= 0.3 is 6.09 Å². The van der Waals surface area contributed by atoms with Crippen LogP contribution in [0.1, 0.15) is 5.56 Å². The first-order valence-electron chi connectivity index (χ1n) is 5.03. The van der Waals surface area contributed by atoms with Crippen LogP contribution in [0, 0.1) is 6.92 Å². The molecule has 0 aromatic heterocycles. The van der Waals surface area contributed by atoms with E-state index in [0.717, 1.165) is 5.56 Å². The van der Waals surface area contributed by atoms with Crippen molar-refractivity contribution in [3.63, 3.8) is 0 Å². The number of halogens is 2. The zero-order chi connectivity index (χ0) is 13.7. The first-order valence-corrected chi connectivity index (χ1v) is 5.90. The van der Waals surface area contributed by atoms with E-state index in [0.29, 0.717) is 11.4 Å². The van der Waals surface area contributed by atoms with Gasteiger partial charge in [-0.25, -0.2) is 4.79 Å². The van der Waals surface area contributed by atoms with Gasteiger partial charge in [-0.2, -0.15) is 0 Å². The van der Waals surface area contributed by atoms with Gasteiger partial charge in [0.25, 0.3) is 5.91 Å². The number of anilines is 1. The van der Waals surface area contributed by atoms with Crippen molar-refractivity contribution < 1.29 is 14.3 Å². The number of alkyl halides is 2. The average Bonchev–Trinajstić information content (AvgIpc) is 2.32. The van der Waals surface area contributed by atoms with Crippen molar-refractivity contribution in [2.45, 2.75) is 11.8 Å². The molecule has 18 heavy (non-hydrogen) atoms. The summed E-state index contributed by atoms with van der Waals surface area (Å²) in [6.45, 7) is 1.75. The molecule has 0 aliphatic carbocycles. The molecule has 7 heteroatoms. The van der Waals surface area contributed by atoms with E-state index in [1.807, 2.05) is 0 Å². The second-order valence-corrected chi connectivity index (χ2v) is 4.50. The maximum atomic E-state index is 11.3. The number of benzene rings is 1. The number of ether oxygens (including phenoxy) is 1. The number of carbonyl (C=O) groups excluding carboxylic acids is 2. The quantitative estimate of drug-likeness (QED) is 0.841. The number of nitrogens with one attached hydrogen (secondary N) is 2. The van der Waals surface area contributed by atoms with Crippen molar-refractivity contribution in [2.24, 2.45) is 0 Å². The molecule has 0 aliphatic heterocycles. The first kappa shape index (κ1) is 14.6. The number of amides is 2. The minimum absolute atomic E-state index is 0.373. The van der Waals surface area contributed by atoms with Crippen molar-refractivity contribution in [1.82, 2.24) is 5.32 Å². The van der Waals surface area contributed by atoms with Gasteiger partial charge in [0.1, 0.15) is 5.75 Å². The number of aryl methyl sites for hydroxylation is 1. The zero-order valence-electron chi connectivity index (χ0n) is 9.79. The molecule has 0 radical (unpaired) electrons. The van der Waals surface area contributed by atoms with Gasteiger partial charge in [-0.3, -0.25) is 4.79 Å². The molecular formula is C11H12Cl2N2O3. The van der Waals surface area contributed by atoms with Crippen LogP contribution in [-0.4, -0.2) is 23.9 Å². The summed E-state index contributed by atoms with van der Waals surface area (Å²) in [7, 11) is 1.46. The van der Waals surface area contributed by atoms with Crippen LogP contribution in [0.4, 0.5) is 10.5 Å². The minimum Gasteiger partial charge on any atom is -0.410 e. The predicted molar refractivity (Wildman–Crippen MR) is 70.4 cm³/mol. The molecular weight excluding hydrogens is 279 g/mol. The lowest BCUT2D eigenvalue weighted by Crippen LogP contribution is -2.22. The highest BCUT2D eigenvalue weighted by Gasteiger charge is 2.13. The number of carbonyl (C=O) groups is 2. The Balaban J connectivity index is 2.80. The Labute approximate surface area is 114 Å². The maximum Gasteiger partial charge on any atom is 0.412 e. The fourth-order valence-corrected chi connectivity index (χ4v) is 1.29. The van der Waals surface area contributed by atoms with E-state index in [9.17, 15) is 9.59 Å². The molecule has 0 spiro atoms. The molecule has 98 valence electrons. The Morgan fingerprint density at radius 2 is 2.00 bits per heavy atom. The average molecular weight is 291 g/mol. The molecule has 2 N–H and O–H groups in total. The van der Waals surface area contributed by atoms with Crippen LogP contribution in [0.3, 0.4) is 0 Å². The summed E-state index contributed by atoms with van der Waals surface area (Å²) in [6.07, 6.45) is -0.562. The van der Waals surface area contributed by atoms with E-state index in [1.54, 1.807) is 25.1 Å². The van der Waals surface area contributed by atoms with Crippen molar-refractivity contribution >= 4 is 40.9 Å². The Bertz CT molecular complexity index is 464. The third kappa shape index (κ3) is 4.09. The molecule has 0 saturated heterocycles. The van der Waals surface area contributed by atoms with E-state index in [4.69, 9.17) is 27.9 Å². The lowest BCUT2D eigenvalue weighted by atomic mass is 10.2. The molecule has 1 aromatic rings. The normalized spacial score (nSPS) is 10.1. The second kappa shape index (κ2) is 6.47. The fourth-order valence-electron chi connectivity index (χ4n) is 1.19. The molecule has 5 nitrogen and oxygen atoms in total. The van der Waals surface area contributed by atoms with Gasteiger partial charge in [0, 0.05) is 12.7 Å². The molecule has 0 aliphatic rings. The maximum absolute atomic E-state index is 11.3. The van der Waals surface area contributed by atoms with Gasteiger partial charge < -0.3 is 15.4 Å². The van der Waals surface area contributed by atoms with Crippen LogP contribution in [-0.2, 0) is 4.79 Å². The largest absolute Gasteiger partial charge is 0.412 e. The third-order valence-corrected chi connectivity index (χ3v) is 2.47. The molecule has 0 atom stereocenters. The van der Waals surface area contributed by atoms with Gasteiger partial charge in [0.05, 0.1) is 0 Å². The first-order chi connectivity index (χ1) is 8.43. The molecule has 0 unspecified atom stereocenters. The second-order valence-electron chi connectivity index (χ2n) is 3.41. The highest BCUT2D eigenvalue weighted by atomic mass is 35.5. The van der Waals surface area contributed by atoms with Gasteiger partial charge in [-0.1, -0.05) is 23.2 Å². The molecule has 2 amide bonds. The smallest absolute Gasteiger partial charge is 0.410 e. The summed E-state index contributed by atoms with van der Waals surface area (Å²) < 4.78 is 4.94. The summed E-state index contributed by atoms with van der Waals surface area (Å²) in [5.74, 6) is -0.139. The SMILES string of the molecule is CNC(=O)Oc1ccc(NC(=O)C(Cl)Cl)c(C)c1. The fraction of sp³-hybridized carbons (Fsp3) is 0.273. The molecule has 0 fully saturated rings. The number of hydrogen-bond donors (Lipinski definition) is 2. The van der Waals surface area contributed by atoms with Crippen LogP contribution < -0.4 is 15.4 Å². The van der Waals surface area contributed by atoms with E-state index < -0.39 is 16.8 Å². The Morgan fingerprint density at radius 3 is 2.50 bits per heavy atom. The number of hydrogen-bond acceptors (Lipinski definition) is 3. The van der Waals surface area contributed by atoms with Crippen LogP contribution in [0.2, 0.25) is 0 Å². The van der Waals surface area contributed by atoms with E-state index in [1.165, 1.54) is 7.05 Å². The lowest BCUT2D eigenvalue weighted by molar-refractivity contribution is -0.114. The Morgan fingerprint density at radius 1 is 1.33 bits per heavy atom. The van der Waals surface area contributed by atoms with Crippen LogP contribution in [0.5, 0.6) is 5.75 Å². The lowest BCUT2D eigenvalue weighted by Gasteiger charge is -2.10. The monoisotopic (exact) mass is 290 g/mol. The minimum atomic E-state index is -1.13. The van der Waals surface area contributed by atoms with Gasteiger partial charge in [-0.05, 0) is 30.7 Å². The predicted octanol–water partition coefficient (Wildman–Crippen LogP) is 2.46. The molecule has 0 saturated carbocycles. The third-order valence-electron chi connectivity index (χ3n) is 2.07. The standard InChI is InChI=1S/C11H12Cl2N2O3/c1-6-5-7(18-11(17)14-2)3-4-8(6)15-10(16)9(12)13/h3-5,9H,1-2H3,(H,14,17)(H,15,16). The van der Waals surface area contributed by atoms with Crippen molar-refractivity contribution in [3.05, 3.63) is 23.8 Å². The van der Waals surface area contributed by atoms with Gasteiger partial charge in [-0.15, -0.1) is 0 Å². The summed E-state index contributed by atoms with van der Waals surface area (Å²) in [6, 6.07) is 4.76. The van der Waals surface area contributed by atoms with E-state index >= 15 is 0 Å². The van der Waals surface area contributed by atoms with Gasteiger partial charge in [0.2, 0.25) is 0 Å².